The quantitative estimate of drug-likeness (QED) is 0.0764. The van der Waals surface area contributed by atoms with E-state index in [1.54, 1.807) is 18.2 Å². The van der Waals surface area contributed by atoms with Crippen LogP contribution in [0.2, 0.25) is 25.7 Å². The zero-order valence-electron chi connectivity index (χ0n) is 30.7. The number of sulfonamides is 1. The highest BCUT2D eigenvalue weighted by atomic mass is 32.2. The van der Waals surface area contributed by atoms with E-state index in [9.17, 15) is 13.5 Å². The van der Waals surface area contributed by atoms with Crippen LogP contribution >= 0.6 is 0 Å². The van der Waals surface area contributed by atoms with Crippen molar-refractivity contribution in [1.29, 1.82) is 0 Å². The van der Waals surface area contributed by atoms with Crippen LogP contribution in [0.15, 0.2) is 71.6 Å². The molecule has 0 aromatic heterocycles. The fraction of sp³-hybridized carbons (Fsp3) is 0.526. The maximum absolute atomic E-state index is 13.5. The number of nitrogens with zero attached hydrogens (tertiary/aromatic N) is 1. The Hall–Kier alpha value is -2.81. The predicted molar refractivity (Wildman–Crippen MR) is 199 cm³/mol. The summed E-state index contributed by atoms with van der Waals surface area (Å²) in [7, 11) is -4.99. The smallest absolute Gasteiger partial charge is 0.245 e. The molecule has 50 heavy (non-hydrogen) atoms. The van der Waals surface area contributed by atoms with Crippen LogP contribution in [-0.2, 0) is 43.9 Å². The molecule has 1 aliphatic heterocycles. The first-order valence-corrected chi connectivity index (χ1v) is 22.6. The molecule has 0 amide bonds. The number of benzene rings is 3. The van der Waals surface area contributed by atoms with Gasteiger partial charge in [0, 0.05) is 46.7 Å². The number of hydrogen-bond acceptors (Lipinski definition) is 9. The van der Waals surface area contributed by atoms with E-state index in [2.05, 4.69) is 25.0 Å². The van der Waals surface area contributed by atoms with Crippen molar-refractivity contribution in [2.24, 2.45) is 0 Å². The van der Waals surface area contributed by atoms with Crippen molar-refractivity contribution in [3.63, 3.8) is 0 Å². The number of aliphatic hydroxyl groups excluding tert-OH is 1. The average Bonchev–Trinajstić information content (AvgIpc) is 3.05. The molecule has 2 N–H and O–H groups in total. The summed E-state index contributed by atoms with van der Waals surface area (Å²) in [6.07, 6.45) is 0.182. The number of hydrogen-bond donors (Lipinski definition) is 2. The largest absolute Gasteiger partial charge is 0.491 e. The summed E-state index contributed by atoms with van der Waals surface area (Å²) in [4.78, 5) is 0.230. The van der Waals surface area contributed by atoms with Gasteiger partial charge >= 0.3 is 0 Å². The lowest BCUT2D eigenvalue weighted by atomic mass is 10.0. The number of rotatable bonds is 20. The molecule has 0 fully saturated rings. The van der Waals surface area contributed by atoms with Gasteiger partial charge in [-0.05, 0) is 85.9 Å². The normalized spacial score (nSPS) is 15.2. The molecule has 0 aliphatic carbocycles. The number of nitrogens with one attached hydrogen (secondary N) is 1. The molecule has 0 saturated heterocycles. The summed E-state index contributed by atoms with van der Waals surface area (Å²) in [5.74, 6) is 0.903. The van der Waals surface area contributed by atoms with Gasteiger partial charge in [0.05, 0.1) is 30.8 Å². The third-order valence-corrected chi connectivity index (χ3v) is 12.0. The highest BCUT2D eigenvalue weighted by Crippen LogP contribution is 2.33. The van der Waals surface area contributed by atoms with Gasteiger partial charge in [-0.1, -0.05) is 50.0 Å². The summed E-state index contributed by atoms with van der Waals surface area (Å²) in [6.45, 7) is 17.5. The lowest BCUT2D eigenvalue weighted by Gasteiger charge is -2.33. The first-order valence-electron chi connectivity index (χ1n) is 17.5. The molecule has 1 heterocycles. The van der Waals surface area contributed by atoms with Gasteiger partial charge in [-0.3, -0.25) is 0 Å². The monoisotopic (exact) mass is 728 g/mol. The summed E-state index contributed by atoms with van der Waals surface area (Å²) in [5, 5.41) is 14.0. The lowest BCUT2D eigenvalue weighted by molar-refractivity contribution is -0.180. The van der Waals surface area contributed by atoms with Gasteiger partial charge in [0.25, 0.3) is 0 Å². The Morgan fingerprint density at radius 1 is 0.960 bits per heavy atom. The molecule has 0 radical (unpaired) electrons. The van der Waals surface area contributed by atoms with Crippen molar-refractivity contribution in [2.75, 3.05) is 39.6 Å². The Bertz CT molecular complexity index is 1610. The maximum Gasteiger partial charge on any atom is 0.245 e. The van der Waals surface area contributed by atoms with Gasteiger partial charge in [0.1, 0.15) is 24.8 Å². The molecular formula is C38H56N2O8SSi. The minimum Gasteiger partial charge on any atom is -0.491 e. The van der Waals surface area contributed by atoms with Crippen molar-refractivity contribution in [3.8, 4) is 11.5 Å². The van der Waals surface area contributed by atoms with Crippen molar-refractivity contribution in [1.82, 2.24) is 9.62 Å². The highest BCUT2D eigenvalue weighted by molar-refractivity contribution is 7.89. The molecule has 0 spiro atoms. The van der Waals surface area contributed by atoms with Crippen molar-refractivity contribution in [2.45, 2.75) is 95.8 Å². The Labute approximate surface area is 300 Å². The van der Waals surface area contributed by atoms with Crippen LogP contribution in [0.5, 0.6) is 11.5 Å². The molecule has 3 aromatic rings. The molecule has 4 rings (SSSR count). The second kappa shape index (κ2) is 18.1. The van der Waals surface area contributed by atoms with Crippen LogP contribution in [0.4, 0.5) is 0 Å². The van der Waals surface area contributed by atoms with E-state index in [0.29, 0.717) is 33.0 Å². The van der Waals surface area contributed by atoms with Crippen molar-refractivity contribution < 1.29 is 37.2 Å². The highest BCUT2D eigenvalue weighted by Gasteiger charge is 2.29. The number of ether oxygens (including phenoxy) is 5. The third kappa shape index (κ3) is 12.4. The van der Waals surface area contributed by atoms with Gasteiger partial charge in [0.15, 0.2) is 0 Å². The molecule has 0 bridgehead atoms. The first kappa shape index (κ1) is 40.0. The second-order valence-corrected chi connectivity index (χ2v) is 22.2. The molecule has 276 valence electrons. The van der Waals surface area contributed by atoms with E-state index in [4.69, 9.17) is 23.7 Å². The van der Waals surface area contributed by atoms with Gasteiger partial charge in [-0.25, -0.2) is 8.42 Å². The zero-order valence-corrected chi connectivity index (χ0v) is 32.6. The fourth-order valence-corrected chi connectivity index (χ4v) is 7.62. The van der Waals surface area contributed by atoms with Gasteiger partial charge < -0.3 is 34.1 Å². The second-order valence-electron chi connectivity index (χ2n) is 14.7. The minimum atomic E-state index is -3.73. The van der Waals surface area contributed by atoms with Gasteiger partial charge in [0.2, 0.25) is 15.8 Å². The Kier molecular flexibility index (Phi) is 14.5. The summed E-state index contributed by atoms with van der Waals surface area (Å²) < 4.78 is 57.3. The van der Waals surface area contributed by atoms with Crippen molar-refractivity contribution >= 4 is 18.1 Å². The van der Waals surface area contributed by atoms with Crippen molar-refractivity contribution in [3.05, 3.63) is 89.0 Å². The molecule has 0 saturated carbocycles. The van der Waals surface area contributed by atoms with Crippen LogP contribution in [0.25, 0.3) is 0 Å². The van der Waals surface area contributed by atoms with Gasteiger partial charge in [-0.15, -0.1) is 0 Å². The van der Waals surface area contributed by atoms with E-state index in [-0.39, 0.29) is 24.3 Å². The molecule has 0 unspecified atom stereocenters. The van der Waals surface area contributed by atoms with Crippen LogP contribution in [-0.4, -0.2) is 77.4 Å². The molecule has 1 aliphatic rings. The molecule has 1 atom stereocenters. The first-order chi connectivity index (χ1) is 23.6. The summed E-state index contributed by atoms with van der Waals surface area (Å²) in [6, 6.07) is 21.3. The van der Waals surface area contributed by atoms with Gasteiger partial charge in [-0.2, -0.15) is 4.31 Å². The minimum absolute atomic E-state index is 0.0348. The van der Waals surface area contributed by atoms with Crippen LogP contribution in [0, 0.1) is 0 Å². The number of fused-ring (bicyclic) bond motifs is 1. The molecule has 12 heteroatoms. The van der Waals surface area contributed by atoms with Crippen LogP contribution in [0.3, 0.4) is 0 Å². The van der Waals surface area contributed by atoms with Crippen LogP contribution in [0.1, 0.15) is 56.1 Å². The number of aliphatic hydroxyl groups is 1. The van der Waals surface area contributed by atoms with E-state index in [1.807, 2.05) is 76.2 Å². The Balaban J connectivity index is 1.14. The Morgan fingerprint density at radius 2 is 1.72 bits per heavy atom. The summed E-state index contributed by atoms with van der Waals surface area (Å²) in [5.41, 5.74) is 3.70. The lowest BCUT2D eigenvalue weighted by Crippen LogP contribution is -2.39. The SMILES string of the molecule is CC(C)N(COCC[Si](C)(C)C)S(=O)(=O)c1cccc(COCCOc2ccc(CCNC[C@H](O)c3ccc4c(c3)COC(C)(C)O4)cc2)c1. The fourth-order valence-electron chi connectivity index (χ4n) is 5.27. The standard InChI is InChI=1S/C38H56N2O8SSi/c1-29(2)40(28-45-21-22-50(5,6)7)49(42,43)35-10-8-9-31(23-35)26-44-19-20-46-34-14-11-30(12-15-34)17-18-39-25-36(41)32-13-16-37-33(24-32)27-47-38(3,4)48-37/h8-16,23-24,29,36,39,41H,17-22,25-28H2,1-7H3/t36-/m0/s1. The van der Waals surface area contributed by atoms with E-state index in [1.165, 1.54) is 4.31 Å². The Morgan fingerprint density at radius 3 is 2.44 bits per heavy atom. The van der Waals surface area contributed by atoms with E-state index in [0.717, 1.165) is 52.8 Å². The molecule has 3 aromatic carbocycles. The predicted octanol–water partition coefficient (Wildman–Crippen LogP) is 6.50. The topological polar surface area (TPSA) is 116 Å². The third-order valence-electron chi connectivity index (χ3n) is 8.31. The van der Waals surface area contributed by atoms with Crippen LogP contribution < -0.4 is 14.8 Å². The van der Waals surface area contributed by atoms with E-state index < -0.39 is 30.0 Å². The average molecular weight is 729 g/mol. The molecular weight excluding hydrogens is 673 g/mol. The molecule has 10 nitrogen and oxygen atoms in total. The maximum atomic E-state index is 13.5. The summed E-state index contributed by atoms with van der Waals surface area (Å²) >= 11 is 0. The zero-order chi connectivity index (χ0) is 36.4. The van der Waals surface area contributed by atoms with E-state index >= 15 is 0 Å².